The summed E-state index contributed by atoms with van der Waals surface area (Å²) in [5.41, 5.74) is 7.92. The Balaban J connectivity index is 1.38. The number of nitrogens with one attached hydrogen (secondary N) is 1. The second-order valence-corrected chi connectivity index (χ2v) is 9.04. The molecule has 1 saturated carbocycles. The highest BCUT2D eigenvalue weighted by atomic mass is 19.1. The van der Waals surface area contributed by atoms with Gasteiger partial charge in [-0.1, -0.05) is 6.07 Å². The maximum Gasteiger partial charge on any atom is 0.420 e. The standard InChI is InChI=1S/C25H25FN4O6/c1-12-7-18(28-23(27)22(12)35-15-9-14(10-15)34-2)13-3-4-16(17(26)8-13)20-11-30(25(33)36-20)19-5-6-21(31)29-24(19)32/h3-4,7-8,11,14-15,19H,5-6,9-10H2,1-2H3,(H2,27,28)(H,29,31,32)/t14?,15?,19-/m1/s1. The van der Waals surface area contributed by atoms with Crippen LogP contribution < -0.4 is 21.5 Å². The number of rotatable bonds is 6. The predicted octanol–water partition coefficient (Wildman–Crippen LogP) is 2.73. The van der Waals surface area contributed by atoms with Crippen molar-refractivity contribution in [2.45, 2.75) is 50.9 Å². The van der Waals surface area contributed by atoms with E-state index in [0.717, 1.165) is 23.0 Å². The molecule has 1 saturated heterocycles. The number of nitrogens with two attached hydrogens (primary N) is 1. The number of aryl methyl sites for hydroxylation is 1. The molecular weight excluding hydrogens is 471 g/mol. The first kappa shape index (κ1) is 23.7. The number of aromatic nitrogens is 2. The number of pyridine rings is 1. The van der Waals surface area contributed by atoms with Crippen molar-refractivity contribution in [3.63, 3.8) is 0 Å². The van der Waals surface area contributed by atoms with Crippen LogP contribution in [0.2, 0.25) is 0 Å². The van der Waals surface area contributed by atoms with Crippen LogP contribution in [0, 0.1) is 12.7 Å². The van der Waals surface area contributed by atoms with E-state index in [1.165, 1.54) is 18.3 Å². The zero-order chi connectivity index (χ0) is 25.6. The third kappa shape index (κ3) is 4.37. The minimum atomic E-state index is -0.897. The molecular formula is C25H25FN4O6. The normalized spacial score (nSPS) is 21.7. The van der Waals surface area contributed by atoms with Crippen LogP contribution in [0.15, 0.2) is 39.7 Å². The van der Waals surface area contributed by atoms with Gasteiger partial charge in [0.15, 0.2) is 17.3 Å². The van der Waals surface area contributed by atoms with E-state index in [0.29, 0.717) is 17.0 Å². The largest absolute Gasteiger partial charge is 0.486 e. The van der Waals surface area contributed by atoms with E-state index in [1.54, 1.807) is 19.2 Å². The number of ether oxygens (including phenoxy) is 2. The van der Waals surface area contributed by atoms with Crippen LogP contribution in [0.1, 0.15) is 37.3 Å². The van der Waals surface area contributed by atoms with Gasteiger partial charge in [-0.05, 0) is 37.1 Å². The summed E-state index contributed by atoms with van der Waals surface area (Å²) >= 11 is 0. The smallest absolute Gasteiger partial charge is 0.420 e. The molecule has 3 N–H and O–H groups in total. The number of carbonyl (C=O) groups excluding carboxylic acids is 2. The first-order valence-electron chi connectivity index (χ1n) is 11.6. The molecule has 3 aromatic rings. The number of oxazole rings is 1. The van der Waals surface area contributed by atoms with Crippen LogP contribution >= 0.6 is 0 Å². The fraction of sp³-hybridized carbons (Fsp3) is 0.360. The lowest BCUT2D eigenvalue weighted by Gasteiger charge is -2.34. The number of nitrogens with zero attached hydrogens (tertiary/aromatic N) is 2. The lowest BCUT2D eigenvalue weighted by atomic mass is 9.92. The van der Waals surface area contributed by atoms with Gasteiger partial charge < -0.3 is 19.6 Å². The molecule has 36 heavy (non-hydrogen) atoms. The van der Waals surface area contributed by atoms with E-state index < -0.39 is 29.4 Å². The van der Waals surface area contributed by atoms with Crippen LogP contribution in [0.25, 0.3) is 22.6 Å². The van der Waals surface area contributed by atoms with E-state index in [4.69, 9.17) is 19.6 Å². The van der Waals surface area contributed by atoms with Crippen LogP contribution in [0.5, 0.6) is 5.75 Å². The van der Waals surface area contributed by atoms with Gasteiger partial charge >= 0.3 is 5.76 Å². The molecule has 2 fully saturated rings. The Labute approximate surface area is 205 Å². The quantitative estimate of drug-likeness (QED) is 0.497. The molecule has 0 unspecified atom stereocenters. The summed E-state index contributed by atoms with van der Waals surface area (Å²) in [6, 6.07) is 5.25. The summed E-state index contributed by atoms with van der Waals surface area (Å²) in [5, 5.41) is 2.19. The molecule has 11 heteroatoms. The Morgan fingerprint density at radius 1 is 1.19 bits per heavy atom. The second-order valence-electron chi connectivity index (χ2n) is 9.04. The van der Waals surface area contributed by atoms with Gasteiger partial charge in [-0.15, -0.1) is 0 Å². The van der Waals surface area contributed by atoms with Gasteiger partial charge in [-0.2, -0.15) is 0 Å². The van der Waals surface area contributed by atoms with Crippen molar-refractivity contribution in [3.8, 4) is 28.3 Å². The molecule has 1 aliphatic heterocycles. The molecule has 1 atom stereocenters. The van der Waals surface area contributed by atoms with Gasteiger partial charge in [0.2, 0.25) is 11.8 Å². The van der Waals surface area contributed by atoms with E-state index in [1.807, 2.05) is 6.92 Å². The minimum Gasteiger partial charge on any atom is -0.486 e. The Bertz CT molecular complexity index is 1380. The number of amides is 2. The third-order valence-corrected chi connectivity index (χ3v) is 6.59. The molecule has 1 aromatic carbocycles. The summed E-state index contributed by atoms with van der Waals surface area (Å²) in [5.74, 6) is -1.77. The summed E-state index contributed by atoms with van der Waals surface area (Å²) in [7, 11) is 1.67. The summed E-state index contributed by atoms with van der Waals surface area (Å²) in [4.78, 5) is 40.3. The average Bonchev–Trinajstić information content (AvgIpc) is 3.18. The zero-order valence-corrected chi connectivity index (χ0v) is 19.7. The third-order valence-electron chi connectivity index (χ3n) is 6.59. The second kappa shape index (κ2) is 9.23. The number of nitrogen functional groups attached to an aromatic ring is 1. The van der Waals surface area contributed by atoms with Gasteiger partial charge in [-0.25, -0.2) is 14.2 Å². The fourth-order valence-corrected chi connectivity index (χ4v) is 4.48. The van der Waals surface area contributed by atoms with Gasteiger partial charge in [0, 0.05) is 31.9 Å². The van der Waals surface area contributed by atoms with E-state index >= 15 is 4.39 Å². The topological polar surface area (TPSA) is 139 Å². The number of anilines is 1. The number of imide groups is 1. The van der Waals surface area contributed by atoms with Crippen molar-refractivity contribution in [3.05, 3.63) is 52.4 Å². The first-order valence-corrected chi connectivity index (χ1v) is 11.6. The highest BCUT2D eigenvalue weighted by Crippen LogP contribution is 2.35. The molecule has 2 amide bonds. The maximum atomic E-state index is 15.1. The molecule has 188 valence electrons. The number of carbonyl (C=O) groups is 2. The van der Waals surface area contributed by atoms with Gasteiger partial charge in [-0.3, -0.25) is 19.5 Å². The molecule has 0 radical (unpaired) electrons. The molecule has 5 rings (SSSR count). The summed E-state index contributed by atoms with van der Waals surface area (Å²) in [6.45, 7) is 1.85. The molecule has 0 bridgehead atoms. The van der Waals surface area contributed by atoms with Crippen LogP contribution in [-0.4, -0.2) is 40.7 Å². The molecule has 2 aromatic heterocycles. The number of halogens is 1. The van der Waals surface area contributed by atoms with Crippen molar-refractivity contribution in [2.24, 2.45) is 0 Å². The highest BCUT2D eigenvalue weighted by molar-refractivity contribution is 5.99. The number of hydrogen-bond donors (Lipinski definition) is 2. The van der Waals surface area contributed by atoms with Gasteiger partial charge in [0.25, 0.3) is 0 Å². The Morgan fingerprint density at radius 3 is 2.64 bits per heavy atom. The first-order chi connectivity index (χ1) is 17.2. The molecule has 3 heterocycles. The van der Waals surface area contributed by atoms with E-state index in [2.05, 4.69) is 10.3 Å². The summed E-state index contributed by atoms with van der Waals surface area (Å²) < 4.78 is 32.7. The minimum absolute atomic E-state index is 0.0162. The van der Waals surface area contributed by atoms with Crippen molar-refractivity contribution in [1.29, 1.82) is 0 Å². The Hall–Kier alpha value is -3.99. The number of piperidine rings is 1. The maximum absolute atomic E-state index is 15.1. The van der Waals surface area contributed by atoms with Crippen molar-refractivity contribution < 1.29 is 27.9 Å². The Morgan fingerprint density at radius 2 is 1.97 bits per heavy atom. The number of hydrogen-bond acceptors (Lipinski definition) is 8. The lowest BCUT2D eigenvalue weighted by molar-refractivity contribution is -0.135. The van der Waals surface area contributed by atoms with E-state index in [9.17, 15) is 14.4 Å². The molecule has 1 aliphatic carbocycles. The predicted molar refractivity (Wildman–Crippen MR) is 127 cm³/mol. The van der Waals surface area contributed by atoms with Crippen LogP contribution in [-0.2, 0) is 14.3 Å². The van der Waals surface area contributed by atoms with Crippen molar-refractivity contribution >= 4 is 17.6 Å². The summed E-state index contributed by atoms with van der Waals surface area (Å²) in [6.07, 6.45) is 3.31. The molecule has 0 spiro atoms. The van der Waals surface area contributed by atoms with E-state index in [-0.39, 0.29) is 42.2 Å². The number of methoxy groups -OCH3 is 1. The molecule has 2 aliphatic rings. The zero-order valence-electron chi connectivity index (χ0n) is 19.7. The van der Waals surface area contributed by atoms with Crippen molar-refractivity contribution in [2.75, 3.05) is 12.8 Å². The molecule has 10 nitrogen and oxygen atoms in total. The van der Waals surface area contributed by atoms with Crippen molar-refractivity contribution in [1.82, 2.24) is 14.9 Å². The average molecular weight is 496 g/mol. The highest BCUT2D eigenvalue weighted by Gasteiger charge is 2.32. The Kier molecular flexibility index (Phi) is 6.09. The fourth-order valence-electron chi connectivity index (χ4n) is 4.48. The van der Waals surface area contributed by atoms with Crippen LogP contribution in [0.3, 0.4) is 0 Å². The van der Waals surface area contributed by atoms with Gasteiger partial charge in [0.1, 0.15) is 18.0 Å². The van der Waals surface area contributed by atoms with Gasteiger partial charge in [0.05, 0.1) is 23.6 Å². The monoisotopic (exact) mass is 496 g/mol. The number of benzene rings is 1. The lowest BCUT2D eigenvalue weighted by Crippen LogP contribution is -2.43. The SMILES string of the molecule is COC1CC(Oc2c(C)cc(-c3ccc(-c4cn([C@@H]5CCC(=O)NC5=O)c(=O)o4)c(F)c3)nc2N)C1. The van der Waals surface area contributed by atoms with Crippen LogP contribution in [0.4, 0.5) is 10.2 Å².